The Morgan fingerprint density at radius 2 is 1.77 bits per heavy atom. The summed E-state index contributed by atoms with van der Waals surface area (Å²) in [4.78, 5) is 41.3. The Bertz CT molecular complexity index is 819. The van der Waals surface area contributed by atoms with Crippen LogP contribution >= 0.6 is 0 Å². The maximum absolute atomic E-state index is 12.6. The summed E-state index contributed by atoms with van der Waals surface area (Å²) in [5, 5.41) is 0. The highest BCUT2D eigenvalue weighted by Gasteiger charge is 2.42. The maximum atomic E-state index is 12.6. The second kappa shape index (κ2) is 7.23. The quantitative estimate of drug-likeness (QED) is 0.779. The number of ether oxygens (including phenoxy) is 2. The summed E-state index contributed by atoms with van der Waals surface area (Å²) in [7, 11) is 2.65. The van der Waals surface area contributed by atoms with Gasteiger partial charge >= 0.3 is 11.9 Å². The van der Waals surface area contributed by atoms with E-state index < -0.39 is 23.8 Å². The van der Waals surface area contributed by atoms with E-state index in [1.54, 1.807) is 31.2 Å². The molecular formula is C20H21NO5. The van der Waals surface area contributed by atoms with Crippen molar-refractivity contribution in [3.8, 4) is 0 Å². The first kappa shape index (κ1) is 18.0. The van der Waals surface area contributed by atoms with Crippen LogP contribution in [0.4, 0.5) is 0 Å². The number of nitrogens with zero attached hydrogens (tertiary/aromatic N) is 1. The third-order valence-corrected chi connectivity index (χ3v) is 4.98. The average Bonchev–Trinajstić information content (AvgIpc) is 2.66. The van der Waals surface area contributed by atoms with Crippen molar-refractivity contribution in [3.05, 3.63) is 46.7 Å². The van der Waals surface area contributed by atoms with E-state index in [-0.39, 0.29) is 5.78 Å². The van der Waals surface area contributed by atoms with Gasteiger partial charge in [0.25, 0.3) is 0 Å². The second-order valence-electron chi connectivity index (χ2n) is 6.48. The Morgan fingerprint density at radius 3 is 2.38 bits per heavy atom. The summed E-state index contributed by atoms with van der Waals surface area (Å²) in [5.74, 6) is -1.92. The summed E-state index contributed by atoms with van der Waals surface area (Å²) in [6.07, 6.45) is 1.95. The van der Waals surface area contributed by atoms with Crippen LogP contribution in [0.2, 0.25) is 0 Å². The summed E-state index contributed by atoms with van der Waals surface area (Å²) in [5.41, 5.74) is 3.21. The topological polar surface area (TPSA) is 82.0 Å². The number of methoxy groups -OCH3 is 2. The largest absolute Gasteiger partial charge is 0.468 e. The van der Waals surface area contributed by atoms with Gasteiger partial charge in [0.05, 0.1) is 19.8 Å². The number of benzene rings is 1. The molecule has 0 fully saturated rings. The van der Waals surface area contributed by atoms with Gasteiger partial charge in [-0.3, -0.25) is 14.6 Å². The SMILES string of the molecule is COC(=O)c1ccc([C@@H]2C3=C(CCCC3=O)N=C(C)C2C(=O)OC)cc1. The van der Waals surface area contributed by atoms with Crippen LogP contribution in [0.25, 0.3) is 0 Å². The van der Waals surface area contributed by atoms with Crippen molar-refractivity contribution in [1.29, 1.82) is 0 Å². The summed E-state index contributed by atoms with van der Waals surface area (Å²) < 4.78 is 9.70. The number of carbonyl (C=O) groups excluding carboxylic acids is 3. The Labute approximate surface area is 151 Å². The monoisotopic (exact) mass is 355 g/mol. The highest BCUT2D eigenvalue weighted by atomic mass is 16.5. The smallest absolute Gasteiger partial charge is 0.337 e. The van der Waals surface area contributed by atoms with E-state index >= 15 is 0 Å². The fourth-order valence-electron chi connectivity index (χ4n) is 3.74. The van der Waals surface area contributed by atoms with E-state index in [0.717, 1.165) is 24.1 Å². The number of esters is 2. The lowest BCUT2D eigenvalue weighted by molar-refractivity contribution is -0.143. The molecule has 1 aromatic rings. The van der Waals surface area contributed by atoms with E-state index in [1.165, 1.54) is 14.2 Å². The van der Waals surface area contributed by atoms with Crippen molar-refractivity contribution >= 4 is 23.4 Å². The lowest BCUT2D eigenvalue weighted by Crippen LogP contribution is -2.36. The number of Topliss-reactive ketones (excluding diaryl/α,β-unsaturated/α-hetero) is 1. The fourth-order valence-corrected chi connectivity index (χ4v) is 3.74. The predicted octanol–water partition coefficient (Wildman–Crippen LogP) is 2.83. The Balaban J connectivity index is 2.11. The van der Waals surface area contributed by atoms with Crippen molar-refractivity contribution in [2.45, 2.75) is 32.1 Å². The van der Waals surface area contributed by atoms with Crippen LogP contribution < -0.4 is 0 Å². The number of ketones is 1. The second-order valence-corrected chi connectivity index (χ2v) is 6.48. The molecule has 0 radical (unpaired) electrons. The fraction of sp³-hybridized carbons (Fsp3) is 0.400. The molecule has 0 N–H and O–H groups in total. The van der Waals surface area contributed by atoms with Gasteiger partial charge in [-0.2, -0.15) is 0 Å². The van der Waals surface area contributed by atoms with Crippen LogP contribution in [0.3, 0.4) is 0 Å². The minimum absolute atomic E-state index is 0.0263. The molecule has 136 valence electrons. The van der Waals surface area contributed by atoms with E-state index in [0.29, 0.717) is 23.3 Å². The molecule has 2 atom stereocenters. The van der Waals surface area contributed by atoms with E-state index in [2.05, 4.69) is 4.99 Å². The van der Waals surface area contributed by atoms with Gasteiger partial charge < -0.3 is 9.47 Å². The normalized spacial score (nSPS) is 22.4. The third-order valence-electron chi connectivity index (χ3n) is 4.98. The van der Waals surface area contributed by atoms with Gasteiger partial charge in [0.15, 0.2) is 5.78 Å². The first-order valence-corrected chi connectivity index (χ1v) is 8.55. The Hall–Kier alpha value is -2.76. The molecule has 3 rings (SSSR count). The van der Waals surface area contributed by atoms with Crippen molar-refractivity contribution in [2.75, 3.05) is 14.2 Å². The molecule has 1 aliphatic heterocycles. The first-order chi connectivity index (χ1) is 12.5. The number of hydrogen-bond donors (Lipinski definition) is 0. The zero-order valence-corrected chi connectivity index (χ0v) is 15.1. The van der Waals surface area contributed by atoms with Crippen LogP contribution in [0.5, 0.6) is 0 Å². The molecule has 6 nitrogen and oxygen atoms in total. The summed E-state index contributed by atoms with van der Waals surface area (Å²) >= 11 is 0. The molecule has 0 spiro atoms. The molecule has 1 aromatic carbocycles. The van der Waals surface area contributed by atoms with E-state index in [4.69, 9.17) is 9.47 Å². The number of hydrogen-bond acceptors (Lipinski definition) is 6. The molecule has 0 aromatic heterocycles. The van der Waals surface area contributed by atoms with Gasteiger partial charge in [-0.15, -0.1) is 0 Å². The molecule has 6 heteroatoms. The van der Waals surface area contributed by atoms with Crippen molar-refractivity contribution in [3.63, 3.8) is 0 Å². The van der Waals surface area contributed by atoms with Gasteiger partial charge in [0, 0.05) is 29.3 Å². The van der Waals surface area contributed by atoms with Crippen LogP contribution in [-0.2, 0) is 19.1 Å². The van der Waals surface area contributed by atoms with Crippen molar-refractivity contribution in [2.24, 2.45) is 10.9 Å². The highest BCUT2D eigenvalue weighted by Crippen LogP contribution is 2.43. The minimum Gasteiger partial charge on any atom is -0.468 e. The molecular weight excluding hydrogens is 334 g/mol. The standard InChI is InChI=1S/C20H21NO5/c1-11-16(20(24)26-3)17(18-14(21-11)5-4-6-15(18)22)12-7-9-13(10-8-12)19(23)25-2/h7-10,16-17H,4-6H2,1-3H3/t16?,17-/m0/s1. The molecule has 0 saturated heterocycles. The number of allylic oxidation sites excluding steroid dienone is 2. The third kappa shape index (κ3) is 3.07. The van der Waals surface area contributed by atoms with Gasteiger partial charge in [-0.05, 0) is 37.5 Å². The lowest BCUT2D eigenvalue weighted by Gasteiger charge is -2.34. The molecule has 0 amide bonds. The summed E-state index contributed by atoms with van der Waals surface area (Å²) in [6.45, 7) is 1.79. The predicted molar refractivity (Wildman–Crippen MR) is 95.0 cm³/mol. The molecule has 0 bridgehead atoms. The average molecular weight is 355 g/mol. The summed E-state index contributed by atoms with van der Waals surface area (Å²) in [6, 6.07) is 6.81. The molecule has 26 heavy (non-hydrogen) atoms. The van der Waals surface area contributed by atoms with Crippen LogP contribution in [0.1, 0.15) is 48.0 Å². The van der Waals surface area contributed by atoms with Crippen LogP contribution in [0.15, 0.2) is 40.5 Å². The Morgan fingerprint density at radius 1 is 1.08 bits per heavy atom. The number of carbonyl (C=O) groups is 3. The van der Waals surface area contributed by atoms with Crippen molar-refractivity contribution < 1.29 is 23.9 Å². The minimum atomic E-state index is -0.648. The molecule has 2 aliphatic rings. The van der Waals surface area contributed by atoms with Crippen LogP contribution in [-0.4, -0.2) is 37.7 Å². The number of rotatable bonds is 3. The number of aliphatic imine (C=N–C) groups is 1. The first-order valence-electron chi connectivity index (χ1n) is 8.55. The molecule has 1 heterocycles. The van der Waals surface area contributed by atoms with E-state index in [1.807, 2.05) is 0 Å². The van der Waals surface area contributed by atoms with Gasteiger partial charge in [-0.1, -0.05) is 12.1 Å². The maximum Gasteiger partial charge on any atom is 0.337 e. The van der Waals surface area contributed by atoms with Crippen molar-refractivity contribution in [1.82, 2.24) is 0 Å². The van der Waals surface area contributed by atoms with Gasteiger partial charge in [-0.25, -0.2) is 4.79 Å². The van der Waals surface area contributed by atoms with Gasteiger partial charge in [0.1, 0.15) is 5.92 Å². The van der Waals surface area contributed by atoms with Crippen LogP contribution in [0, 0.1) is 5.92 Å². The van der Waals surface area contributed by atoms with Gasteiger partial charge in [0.2, 0.25) is 0 Å². The Kier molecular flexibility index (Phi) is 5.02. The van der Waals surface area contributed by atoms with E-state index in [9.17, 15) is 14.4 Å². The lowest BCUT2D eigenvalue weighted by atomic mass is 9.71. The highest BCUT2D eigenvalue weighted by molar-refractivity contribution is 6.08. The zero-order chi connectivity index (χ0) is 18.8. The molecule has 0 saturated carbocycles. The zero-order valence-electron chi connectivity index (χ0n) is 15.1. The molecule has 1 aliphatic carbocycles. The molecule has 1 unspecified atom stereocenters.